The van der Waals surface area contributed by atoms with Gasteiger partial charge >= 0.3 is 0 Å². The van der Waals surface area contributed by atoms with Crippen LogP contribution in [0.3, 0.4) is 0 Å². The van der Waals surface area contributed by atoms with Crippen LogP contribution >= 0.6 is 0 Å². The molecule has 2 aromatic rings. The number of benzene rings is 2. The minimum absolute atomic E-state index is 0.213. The summed E-state index contributed by atoms with van der Waals surface area (Å²) in [6.45, 7) is 5.91. The monoisotopic (exact) mass is 284 g/mol. The number of fused-ring (bicyclic) bond motifs is 1. The fourth-order valence-corrected chi connectivity index (χ4v) is 3.10. The zero-order valence-electron chi connectivity index (χ0n) is 12.9. The van der Waals surface area contributed by atoms with Gasteiger partial charge in [-0.3, -0.25) is 0 Å². The summed E-state index contributed by atoms with van der Waals surface area (Å²) in [5.74, 6) is 0. The van der Waals surface area contributed by atoms with E-state index in [1.165, 1.54) is 16.3 Å². The first-order valence-electron chi connectivity index (χ1n) is 7.80. The molecule has 3 heteroatoms. The predicted molar refractivity (Wildman–Crippen MR) is 87.6 cm³/mol. The van der Waals surface area contributed by atoms with Gasteiger partial charge in [0, 0.05) is 13.1 Å². The van der Waals surface area contributed by atoms with Gasteiger partial charge in [-0.05, 0) is 36.0 Å². The molecular weight excluding hydrogens is 260 g/mol. The van der Waals surface area contributed by atoms with Gasteiger partial charge in [0.2, 0.25) is 0 Å². The van der Waals surface area contributed by atoms with E-state index >= 15 is 0 Å². The number of nitrogens with zero attached hydrogens (tertiary/aromatic N) is 1. The van der Waals surface area contributed by atoms with E-state index in [1.54, 1.807) is 0 Å². The molecule has 112 valence electrons. The second-order valence-corrected chi connectivity index (χ2v) is 5.81. The number of likely N-dealkylation sites (N-methyl/N-ethyl adjacent to an activating group) is 2. The van der Waals surface area contributed by atoms with Crippen LogP contribution in [0.5, 0.6) is 0 Å². The van der Waals surface area contributed by atoms with E-state index in [4.69, 9.17) is 4.74 Å². The van der Waals surface area contributed by atoms with Gasteiger partial charge in [0.15, 0.2) is 0 Å². The van der Waals surface area contributed by atoms with Crippen LogP contribution in [-0.2, 0) is 4.74 Å². The molecule has 3 nitrogen and oxygen atoms in total. The summed E-state index contributed by atoms with van der Waals surface area (Å²) >= 11 is 0. The van der Waals surface area contributed by atoms with E-state index < -0.39 is 0 Å². The fourth-order valence-electron chi connectivity index (χ4n) is 3.10. The average molecular weight is 284 g/mol. The summed E-state index contributed by atoms with van der Waals surface area (Å²) in [6.07, 6.45) is 0.213. The fraction of sp³-hybridized carbons (Fsp3) is 0.444. The SMILES string of the molecule is CCNC(c1ccc2ccccc2c1)C1CN(C)CCO1. The lowest BCUT2D eigenvalue weighted by atomic mass is 9.97. The molecule has 0 radical (unpaired) electrons. The number of morpholine rings is 1. The van der Waals surface area contributed by atoms with Crippen molar-refractivity contribution < 1.29 is 4.74 Å². The molecule has 0 saturated carbocycles. The predicted octanol–water partition coefficient (Wildman–Crippen LogP) is 2.82. The van der Waals surface area contributed by atoms with Crippen LogP contribution < -0.4 is 5.32 Å². The number of hydrogen-bond donors (Lipinski definition) is 1. The second-order valence-electron chi connectivity index (χ2n) is 5.81. The smallest absolute Gasteiger partial charge is 0.0896 e. The Morgan fingerprint density at radius 3 is 2.81 bits per heavy atom. The lowest BCUT2D eigenvalue weighted by Crippen LogP contribution is -2.46. The van der Waals surface area contributed by atoms with E-state index in [9.17, 15) is 0 Å². The first kappa shape index (κ1) is 14.5. The standard InChI is InChI=1S/C18H24N2O/c1-3-19-18(17-13-20(2)10-11-21-17)16-9-8-14-6-4-5-7-15(14)12-16/h4-9,12,17-19H,3,10-11,13H2,1-2H3. The van der Waals surface area contributed by atoms with Crippen molar-refractivity contribution in [1.29, 1.82) is 0 Å². The topological polar surface area (TPSA) is 24.5 Å². The summed E-state index contributed by atoms with van der Waals surface area (Å²) in [4.78, 5) is 2.35. The number of hydrogen-bond acceptors (Lipinski definition) is 3. The van der Waals surface area contributed by atoms with Crippen LogP contribution in [0.2, 0.25) is 0 Å². The molecule has 1 heterocycles. The molecule has 0 bridgehead atoms. The molecule has 3 rings (SSSR count). The largest absolute Gasteiger partial charge is 0.374 e. The molecule has 1 aliphatic rings. The molecule has 1 aliphatic heterocycles. The van der Waals surface area contributed by atoms with Crippen LogP contribution in [0.25, 0.3) is 10.8 Å². The quantitative estimate of drug-likeness (QED) is 0.934. The Morgan fingerprint density at radius 2 is 2.05 bits per heavy atom. The third-order valence-electron chi connectivity index (χ3n) is 4.23. The molecule has 0 spiro atoms. The van der Waals surface area contributed by atoms with Crippen LogP contribution in [0.1, 0.15) is 18.5 Å². The highest BCUT2D eigenvalue weighted by atomic mass is 16.5. The first-order valence-corrected chi connectivity index (χ1v) is 7.80. The summed E-state index contributed by atoms with van der Waals surface area (Å²) in [5.41, 5.74) is 1.32. The molecule has 2 aromatic carbocycles. The van der Waals surface area contributed by atoms with Crippen molar-refractivity contribution in [1.82, 2.24) is 10.2 Å². The Balaban J connectivity index is 1.90. The van der Waals surface area contributed by atoms with Crippen molar-refractivity contribution >= 4 is 10.8 Å². The Kier molecular flexibility index (Phi) is 4.54. The number of rotatable bonds is 4. The van der Waals surface area contributed by atoms with Crippen LogP contribution in [0.15, 0.2) is 42.5 Å². The van der Waals surface area contributed by atoms with Gasteiger partial charge in [-0.15, -0.1) is 0 Å². The zero-order chi connectivity index (χ0) is 14.7. The number of ether oxygens (including phenoxy) is 1. The van der Waals surface area contributed by atoms with Gasteiger partial charge in [-0.2, -0.15) is 0 Å². The van der Waals surface area contributed by atoms with E-state index in [2.05, 4.69) is 66.7 Å². The van der Waals surface area contributed by atoms with E-state index in [-0.39, 0.29) is 12.1 Å². The minimum Gasteiger partial charge on any atom is -0.374 e. The molecule has 21 heavy (non-hydrogen) atoms. The van der Waals surface area contributed by atoms with Gasteiger partial charge in [0.05, 0.1) is 18.8 Å². The van der Waals surface area contributed by atoms with E-state index in [0.29, 0.717) is 0 Å². The molecule has 1 saturated heterocycles. The van der Waals surface area contributed by atoms with Crippen LogP contribution in [0, 0.1) is 0 Å². The molecule has 0 aliphatic carbocycles. The van der Waals surface area contributed by atoms with Gasteiger partial charge < -0.3 is 15.0 Å². The van der Waals surface area contributed by atoms with Gasteiger partial charge in [0.25, 0.3) is 0 Å². The summed E-state index contributed by atoms with van der Waals surface area (Å²) in [7, 11) is 2.17. The van der Waals surface area contributed by atoms with Crippen LogP contribution in [0.4, 0.5) is 0 Å². The lowest BCUT2D eigenvalue weighted by Gasteiger charge is -2.35. The van der Waals surface area contributed by atoms with E-state index in [0.717, 1.165) is 26.2 Å². The third-order valence-corrected chi connectivity index (χ3v) is 4.23. The minimum atomic E-state index is 0.213. The molecule has 0 aromatic heterocycles. The van der Waals surface area contributed by atoms with Crippen molar-refractivity contribution in [3.05, 3.63) is 48.0 Å². The van der Waals surface area contributed by atoms with Crippen molar-refractivity contribution in [2.24, 2.45) is 0 Å². The highest BCUT2D eigenvalue weighted by molar-refractivity contribution is 5.83. The maximum absolute atomic E-state index is 6.03. The second kappa shape index (κ2) is 6.56. The molecule has 2 atom stereocenters. The summed E-state index contributed by atoms with van der Waals surface area (Å²) in [5, 5.41) is 6.19. The maximum Gasteiger partial charge on any atom is 0.0896 e. The number of nitrogens with one attached hydrogen (secondary N) is 1. The summed E-state index contributed by atoms with van der Waals surface area (Å²) in [6, 6.07) is 15.5. The normalized spacial score (nSPS) is 21.5. The highest BCUT2D eigenvalue weighted by Gasteiger charge is 2.27. The molecular formula is C18H24N2O. The Bertz CT molecular complexity index is 599. The van der Waals surface area contributed by atoms with Gasteiger partial charge in [-0.1, -0.05) is 43.3 Å². The molecule has 0 amide bonds. The lowest BCUT2D eigenvalue weighted by molar-refractivity contribution is -0.0389. The van der Waals surface area contributed by atoms with Crippen molar-refractivity contribution in [3.63, 3.8) is 0 Å². The molecule has 1 fully saturated rings. The summed E-state index contributed by atoms with van der Waals surface area (Å²) < 4.78 is 6.03. The van der Waals surface area contributed by atoms with E-state index in [1.807, 2.05) is 0 Å². The molecule has 2 unspecified atom stereocenters. The Morgan fingerprint density at radius 1 is 1.24 bits per heavy atom. The average Bonchev–Trinajstić information content (AvgIpc) is 2.52. The first-order chi connectivity index (χ1) is 10.3. The Labute approximate surface area is 126 Å². The highest BCUT2D eigenvalue weighted by Crippen LogP contribution is 2.25. The zero-order valence-corrected chi connectivity index (χ0v) is 12.9. The Hall–Kier alpha value is -1.42. The molecule has 1 N–H and O–H groups in total. The van der Waals surface area contributed by atoms with Crippen molar-refractivity contribution in [2.45, 2.75) is 19.1 Å². The van der Waals surface area contributed by atoms with Gasteiger partial charge in [0.1, 0.15) is 0 Å². The maximum atomic E-state index is 6.03. The van der Waals surface area contributed by atoms with Crippen LogP contribution in [-0.4, -0.2) is 44.3 Å². The van der Waals surface area contributed by atoms with Crippen molar-refractivity contribution in [3.8, 4) is 0 Å². The van der Waals surface area contributed by atoms with Gasteiger partial charge in [-0.25, -0.2) is 0 Å². The third kappa shape index (κ3) is 3.26. The van der Waals surface area contributed by atoms with Crippen molar-refractivity contribution in [2.75, 3.05) is 33.3 Å².